The molecule has 1 aliphatic heterocycles. The molecule has 1 amide bonds. The summed E-state index contributed by atoms with van der Waals surface area (Å²) in [7, 11) is -6.30. The molecule has 7 rings (SSSR count). The van der Waals surface area contributed by atoms with E-state index < -0.39 is 70.3 Å². The summed E-state index contributed by atoms with van der Waals surface area (Å²) in [5.74, 6) is -1.52. The highest BCUT2D eigenvalue weighted by Crippen LogP contribution is 2.48. The van der Waals surface area contributed by atoms with Crippen LogP contribution in [0.4, 0.5) is 5.69 Å². The van der Waals surface area contributed by atoms with E-state index in [1.54, 1.807) is 23.1 Å². The van der Waals surface area contributed by atoms with Crippen molar-refractivity contribution in [1.29, 1.82) is 0 Å². The first-order valence-electron chi connectivity index (χ1n) is 24.6. The second kappa shape index (κ2) is 24.7. The zero-order chi connectivity index (χ0) is 52.9. The van der Waals surface area contributed by atoms with Gasteiger partial charge in [0.1, 0.15) is 30.1 Å². The van der Waals surface area contributed by atoms with Crippen LogP contribution in [0, 0.1) is 10.1 Å². The number of fused-ring (bicyclic) bond motifs is 1. The van der Waals surface area contributed by atoms with Crippen LogP contribution in [-0.2, 0) is 44.9 Å². The number of nitrogens with one attached hydrogen (secondary N) is 1. The number of rotatable bonds is 24. The molecule has 0 unspecified atom stereocenters. The van der Waals surface area contributed by atoms with E-state index in [9.17, 15) is 28.1 Å². The van der Waals surface area contributed by atoms with Gasteiger partial charge in [-0.05, 0) is 81.7 Å². The molecule has 0 saturated carbocycles. The Morgan fingerprint density at radius 1 is 0.784 bits per heavy atom. The van der Waals surface area contributed by atoms with Crippen molar-refractivity contribution in [2.45, 2.75) is 88.0 Å². The lowest BCUT2D eigenvalue weighted by molar-refractivity contribution is -0.387. The monoisotopic (exact) mass is 1040 g/mol. The van der Waals surface area contributed by atoms with Crippen molar-refractivity contribution < 1.29 is 51.1 Å². The van der Waals surface area contributed by atoms with Gasteiger partial charge < -0.3 is 28.3 Å². The molecule has 0 radical (unpaired) electrons. The molecule has 1 heterocycles. The van der Waals surface area contributed by atoms with Gasteiger partial charge in [0.15, 0.2) is 4.90 Å². The Labute approximate surface area is 434 Å². The van der Waals surface area contributed by atoms with E-state index in [2.05, 4.69) is 49.8 Å². The average molecular weight is 1040 g/mol. The van der Waals surface area contributed by atoms with Crippen molar-refractivity contribution in [1.82, 2.24) is 9.62 Å². The first kappa shape index (κ1) is 54.6. The molecule has 15 nitrogen and oxygen atoms in total. The van der Waals surface area contributed by atoms with Crippen LogP contribution >= 0.6 is 0 Å². The lowest BCUT2D eigenvalue weighted by Crippen LogP contribution is -2.66. The number of benzene rings is 6. The van der Waals surface area contributed by atoms with Crippen LogP contribution in [0.5, 0.6) is 11.5 Å². The fraction of sp³-hybridized carbons (Fsp3) is 0.316. The Hall–Kier alpha value is -7.18. The van der Waals surface area contributed by atoms with Crippen LogP contribution in [0.25, 0.3) is 0 Å². The SMILES string of the molecule is COC(=O)C[C@H](NS(=O)(=O)c1ccccc1[N+](=O)[O-])c1ccc2c(c1)[C@@H](C(=O)N(CCCCO[Si](c1ccccc1)(c1ccccc1)C(C)(C)C)CCCOC(C)=O)[C@H](c1ccc(OCc3ccccc3)cc1)O2. The standard InChI is InChI=1S/C57H63N3O12SSi/c1-41(61)69-36-19-35-59(34-17-18-37-71-74(57(2,3)4,46-22-11-7-12-23-46)47-24-13-8-14-25-47)56(63)54-48-38-44(49(39-53(62)68-5)58-73(66,67)52-27-16-15-26-50(52)60(64)65)30-33-51(48)72-55(54)43-28-31-45(32-29-43)70-40-42-20-9-6-10-21-42/h6-16,20-33,38,49,54-55,58H,17-19,34-37,39-40H2,1-5H3/t49-,54+,55-/m0/s1. The lowest BCUT2D eigenvalue weighted by atomic mass is 9.88. The zero-order valence-corrected chi connectivity index (χ0v) is 44.1. The summed E-state index contributed by atoms with van der Waals surface area (Å²) < 4.78 is 60.7. The second-order valence-corrected chi connectivity index (χ2v) is 25.1. The summed E-state index contributed by atoms with van der Waals surface area (Å²) in [5, 5.41) is 14.0. The molecule has 3 atom stereocenters. The van der Waals surface area contributed by atoms with Gasteiger partial charge in [-0.25, -0.2) is 13.1 Å². The van der Waals surface area contributed by atoms with E-state index in [4.69, 9.17) is 23.4 Å². The van der Waals surface area contributed by atoms with E-state index in [0.717, 1.165) is 28.1 Å². The normalized spacial score (nSPS) is 14.8. The van der Waals surface area contributed by atoms with Crippen LogP contribution < -0.4 is 24.6 Å². The molecule has 6 aromatic rings. The van der Waals surface area contributed by atoms with E-state index >= 15 is 4.79 Å². The number of esters is 2. The molecule has 0 spiro atoms. The molecule has 0 aromatic heterocycles. The summed E-state index contributed by atoms with van der Waals surface area (Å²) in [5.41, 5.74) is 1.72. The highest BCUT2D eigenvalue weighted by atomic mass is 32.2. The molecule has 0 saturated heterocycles. The van der Waals surface area contributed by atoms with Gasteiger partial charge in [-0.3, -0.25) is 24.5 Å². The summed E-state index contributed by atoms with van der Waals surface area (Å²) >= 11 is 0. The van der Waals surface area contributed by atoms with Gasteiger partial charge in [0.05, 0.1) is 31.1 Å². The second-order valence-electron chi connectivity index (χ2n) is 19.1. The van der Waals surface area contributed by atoms with Crippen LogP contribution in [0.15, 0.2) is 163 Å². The summed E-state index contributed by atoms with van der Waals surface area (Å²) in [4.78, 5) is 52.6. The number of hydrogen-bond acceptors (Lipinski definition) is 12. The Balaban J connectivity index is 1.22. The molecular weight excluding hydrogens is 979 g/mol. The van der Waals surface area contributed by atoms with Crippen LogP contribution in [0.2, 0.25) is 5.04 Å². The van der Waals surface area contributed by atoms with Gasteiger partial charge in [0, 0.05) is 38.2 Å². The minimum absolute atomic E-state index is 0.0841. The average Bonchev–Trinajstić information content (AvgIpc) is 3.79. The molecule has 0 fully saturated rings. The number of ether oxygens (including phenoxy) is 4. The van der Waals surface area contributed by atoms with Gasteiger partial charge >= 0.3 is 11.9 Å². The molecule has 6 aromatic carbocycles. The Morgan fingerprint density at radius 2 is 1.39 bits per heavy atom. The third-order valence-electron chi connectivity index (χ3n) is 13.0. The summed E-state index contributed by atoms with van der Waals surface area (Å²) in [6, 6.07) is 46.3. The van der Waals surface area contributed by atoms with Gasteiger partial charge in [0.2, 0.25) is 15.9 Å². The molecule has 74 heavy (non-hydrogen) atoms. The Bertz CT molecular complexity index is 2940. The van der Waals surface area contributed by atoms with E-state index in [0.29, 0.717) is 61.6 Å². The highest BCUT2D eigenvalue weighted by Gasteiger charge is 2.50. The molecule has 1 N–H and O–H groups in total. The third-order valence-corrected chi connectivity index (χ3v) is 19.6. The van der Waals surface area contributed by atoms with E-state index in [1.807, 2.05) is 91.0 Å². The minimum atomic E-state index is -4.62. The van der Waals surface area contributed by atoms with Crippen molar-refractivity contribution in [3.8, 4) is 11.5 Å². The van der Waals surface area contributed by atoms with Crippen LogP contribution in [-0.4, -0.2) is 77.8 Å². The van der Waals surface area contributed by atoms with Crippen molar-refractivity contribution in [2.75, 3.05) is 33.4 Å². The molecule has 388 valence electrons. The van der Waals surface area contributed by atoms with Crippen LogP contribution in [0.1, 0.15) is 93.7 Å². The summed E-state index contributed by atoms with van der Waals surface area (Å²) in [6.07, 6.45) is 0.166. The number of sulfonamides is 1. The number of amides is 1. The fourth-order valence-electron chi connectivity index (χ4n) is 9.47. The number of carbonyl (C=O) groups excluding carboxylic acids is 3. The van der Waals surface area contributed by atoms with Crippen LogP contribution in [0.3, 0.4) is 0 Å². The van der Waals surface area contributed by atoms with Gasteiger partial charge in [0.25, 0.3) is 14.0 Å². The maximum atomic E-state index is 15.5. The largest absolute Gasteiger partial charge is 0.489 e. The zero-order valence-electron chi connectivity index (χ0n) is 42.3. The highest BCUT2D eigenvalue weighted by molar-refractivity contribution is 7.89. The molecule has 0 bridgehead atoms. The van der Waals surface area contributed by atoms with Crippen molar-refractivity contribution in [3.05, 3.63) is 190 Å². The van der Waals surface area contributed by atoms with Gasteiger partial charge in [-0.2, -0.15) is 0 Å². The minimum Gasteiger partial charge on any atom is -0.489 e. The number of methoxy groups -OCH3 is 1. The number of nitro groups is 1. The fourth-order valence-corrected chi connectivity index (χ4v) is 15.5. The number of para-hydroxylation sites is 1. The van der Waals surface area contributed by atoms with Gasteiger partial charge in [-0.15, -0.1) is 0 Å². The van der Waals surface area contributed by atoms with E-state index in [-0.39, 0.29) is 29.7 Å². The predicted molar refractivity (Wildman–Crippen MR) is 283 cm³/mol. The molecular formula is C57H63N3O12SSi. The topological polar surface area (TPSA) is 190 Å². The first-order chi connectivity index (χ1) is 35.5. The smallest absolute Gasteiger partial charge is 0.307 e. The number of nitro benzene ring substituents is 1. The van der Waals surface area contributed by atoms with Gasteiger partial charge in [-0.1, -0.05) is 142 Å². The number of nitrogens with zero attached hydrogens (tertiary/aromatic N) is 2. The Morgan fingerprint density at radius 3 is 2.00 bits per heavy atom. The van der Waals surface area contributed by atoms with Crippen molar-refractivity contribution in [2.24, 2.45) is 0 Å². The first-order valence-corrected chi connectivity index (χ1v) is 28.0. The summed E-state index contributed by atoms with van der Waals surface area (Å²) in [6.45, 7) is 9.39. The predicted octanol–water partition coefficient (Wildman–Crippen LogP) is 9.11. The van der Waals surface area contributed by atoms with Crippen molar-refractivity contribution in [3.63, 3.8) is 0 Å². The van der Waals surface area contributed by atoms with Crippen molar-refractivity contribution >= 4 is 52.2 Å². The number of carbonyl (C=O) groups is 3. The maximum absolute atomic E-state index is 15.5. The van der Waals surface area contributed by atoms with E-state index in [1.165, 1.54) is 26.2 Å². The Kier molecular flexibility index (Phi) is 18.2. The molecule has 1 aliphatic rings. The molecule has 17 heteroatoms. The maximum Gasteiger partial charge on any atom is 0.307 e. The number of unbranched alkanes of at least 4 members (excludes halogenated alkanes) is 1. The lowest BCUT2D eigenvalue weighted by Gasteiger charge is -2.43. The third kappa shape index (κ3) is 13.1. The quantitative estimate of drug-likeness (QED) is 0.0199. The molecule has 0 aliphatic carbocycles. The number of hydrogen-bond donors (Lipinski definition) is 1.